The van der Waals surface area contributed by atoms with E-state index in [-0.39, 0.29) is 11.9 Å². The first-order valence-corrected chi connectivity index (χ1v) is 6.88. The lowest BCUT2D eigenvalue weighted by atomic mass is 10.1. The van der Waals surface area contributed by atoms with Crippen molar-refractivity contribution in [2.45, 2.75) is 26.3 Å². The van der Waals surface area contributed by atoms with Crippen molar-refractivity contribution in [2.24, 2.45) is 0 Å². The fourth-order valence-corrected chi connectivity index (χ4v) is 2.36. The maximum absolute atomic E-state index is 12.4. The molecule has 0 aliphatic heterocycles. The summed E-state index contributed by atoms with van der Waals surface area (Å²) in [6.45, 7) is 3.92. The van der Waals surface area contributed by atoms with Gasteiger partial charge in [-0.2, -0.15) is 10.2 Å². The summed E-state index contributed by atoms with van der Waals surface area (Å²) in [6, 6.07) is 9.38. The number of hydrogen-bond acceptors (Lipinski definition) is 3. The van der Waals surface area contributed by atoms with Crippen molar-refractivity contribution in [1.29, 1.82) is 0 Å². The molecule has 0 spiro atoms. The average molecular weight is 283 g/mol. The van der Waals surface area contributed by atoms with Gasteiger partial charge in [-0.25, -0.2) is 4.52 Å². The van der Waals surface area contributed by atoms with E-state index < -0.39 is 0 Å². The first kappa shape index (κ1) is 13.4. The number of pyridine rings is 1. The van der Waals surface area contributed by atoms with E-state index in [9.17, 15) is 4.79 Å². The fourth-order valence-electron chi connectivity index (χ4n) is 2.36. The third-order valence-electron chi connectivity index (χ3n) is 3.31. The Kier molecular flexibility index (Phi) is 3.43. The Morgan fingerprint density at radius 1 is 1.43 bits per heavy atom. The van der Waals surface area contributed by atoms with Crippen molar-refractivity contribution < 1.29 is 4.79 Å². The molecule has 3 aromatic heterocycles. The zero-order valence-corrected chi connectivity index (χ0v) is 12.0. The number of fused-ring (bicyclic) bond motifs is 1. The summed E-state index contributed by atoms with van der Waals surface area (Å²) in [7, 11) is 0. The molecule has 1 amide bonds. The topological polar surface area (TPSA) is 75.1 Å². The molecule has 0 saturated carbocycles. The van der Waals surface area contributed by atoms with Gasteiger partial charge in [-0.15, -0.1) is 0 Å². The largest absolute Gasteiger partial charge is 0.348 e. The lowest BCUT2D eigenvalue weighted by molar-refractivity contribution is 0.0932. The maximum Gasteiger partial charge on any atom is 0.270 e. The van der Waals surface area contributed by atoms with Crippen LogP contribution in [0.2, 0.25) is 0 Å². The Bertz CT molecular complexity index is 773. The summed E-state index contributed by atoms with van der Waals surface area (Å²) in [5.74, 6) is -0.135. The predicted molar refractivity (Wildman–Crippen MR) is 79.1 cm³/mol. The zero-order valence-electron chi connectivity index (χ0n) is 12.0. The third-order valence-corrected chi connectivity index (χ3v) is 3.31. The second-order valence-electron chi connectivity index (χ2n) is 5.20. The molecule has 0 fully saturated rings. The molecule has 0 unspecified atom stereocenters. The van der Waals surface area contributed by atoms with Gasteiger partial charge in [-0.1, -0.05) is 6.07 Å². The van der Waals surface area contributed by atoms with Crippen molar-refractivity contribution in [3.8, 4) is 0 Å². The summed E-state index contributed by atoms with van der Waals surface area (Å²) < 4.78 is 1.64. The molecular formula is C15H17N5O. The van der Waals surface area contributed by atoms with Crippen molar-refractivity contribution in [3.63, 3.8) is 0 Å². The van der Waals surface area contributed by atoms with Gasteiger partial charge in [0.05, 0.1) is 17.4 Å². The van der Waals surface area contributed by atoms with Gasteiger partial charge in [0, 0.05) is 18.2 Å². The number of rotatable bonds is 4. The lowest BCUT2D eigenvalue weighted by Gasteiger charge is -2.13. The van der Waals surface area contributed by atoms with E-state index in [1.165, 1.54) is 0 Å². The maximum atomic E-state index is 12.4. The predicted octanol–water partition coefficient (Wildman–Crippen LogP) is 1.73. The SMILES string of the molecule is Cc1cc(C[C@@H](C)NC(=O)c2cccc3ccnn23)n[nH]1. The molecule has 0 aromatic carbocycles. The molecule has 3 heterocycles. The van der Waals surface area contributed by atoms with Crippen LogP contribution in [-0.4, -0.2) is 31.8 Å². The van der Waals surface area contributed by atoms with Crippen LogP contribution in [0, 0.1) is 6.92 Å². The summed E-state index contributed by atoms with van der Waals surface area (Å²) in [6.07, 6.45) is 2.37. The highest BCUT2D eigenvalue weighted by molar-refractivity contribution is 5.93. The van der Waals surface area contributed by atoms with Gasteiger partial charge in [0.1, 0.15) is 5.69 Å². The fraction of sp³-hybridized carbons (Fsp3) is 0.267. The van der Waals surface area contributed by atoms with Crippen molar-refractivity contribution in [2.75, 3.05) is 0 Å². The van der Waals surface area contributed by atoms with Crippen LogP contribution in [0.1, 0.15) is 28.8 Å². The van der Waals surface area contributed by atoms with Gasteiger partial charge in [0.25, 0.3) is 5.91 Å². The van der Waals surface area contributed by atoms with E-state index in [0.29, 0.717) is 12.1 Å². The minimum atomic E-state index is -0.135. The zero-order chi connectivity index (χ0) is 14.8. The van der Waals surface area contributed by atoms with Crippen molar-refractivity contribution >= 4 is 11.4 Å². The molecule has 0 aliphatic rings. The molecule has 3 aromatic rings. The van der Waals surface area contributed by atoms with Crippen molar-refractivity contribution in [1.82, 2.24) is 25.1 Å². The van der Waals surface area contributed by atoms with Crippen LogP contribution in [0.5, 0.6) is 0 Å². The highest BCUT2D eigenvalue weighted by atomic mass is 16.2. The van der Waals surface area contributed by atoms with Crippen LogP contribution >= 0.6 is 0 Å². The molecule has 6 heteroatoms. The Morgan fingerprint density at radius 3 is 3.05 bits per heavy atom. The van der Waals surface area contributed by atoms with Gasteiger partial charge in [0.15, 0.2) is 0 Å². The molecule has 0 saturated heterocycles. The summed E-state index contributed by atoms with van der Waals surface area (Å²) in [5.41, 5.74) is 3.39. The second kappa shape index (κ2) is 5.40. The molecule has 1 atom stereocenters. The van der Waals surface area contributed by atoms with Gasteiger partial charge in [-0.3, -0.25) is 9.89 Å². The van der Waals surface area contributed by atoms with Crippen LogP contribution in [0.3, 0.4) is 0 Å². The molecule has 0 bridgehead atoms. The standard InChI is InChI=1S/C15H17N5O/c1-10(8-12-9-11(2)18-19-12)17-15(21)14-5-3-4-13-6-7-16-20(13)14/h3-7,9-10H,8H2,1-2H3,(H,17,21)(H,18,19)/t10-/m1/s1. The minimum absolute atomic E-state index is 0.00832. The Balaban J connectivity index is 1.72. The highest BCUT2D eigenvalue weighted by Crippen LogP contribution is 2.07. The monoisotopic (exact) mass is 283 g/mol. The first-order valence-electron chi connectivity index (χ1n) is 6.88. The van der Waals surface area contributed by atoms with E-state index in [1.807, 2.05) is 38.1 Å². The van der Waals surface area contributed by atoms with Crippen LogP contribution < -0.4 is 5.32 Å². The van der Waals surface area contributed by atoms with Crippen LogP contribution in [0.25, 0.3) is 5.52 Å². The summed E-state index contributed by atoms with van der Waals surface area (Å²) >= 11 is 0. The normalized spacial score (nSPS) is 12.5. The number of H-pyrrole nitrogens is 1. The van der Waals surface area contributed by atoms with Gasteiger partial charge >= 0.3 is 0 Å². The number of aryl methyl sites for hydroxylation is 1. The molecule has 6 nitrogen and oxygen atoms in total. The molecule has 3 rings (SSSR count). The molecule has 0 aliphatic carbocycles. The van der Waals surface area contributed by atoms with Crippen LogP contribution in [0.4, 0.5) is 0 Å². The summed E-state index contributed by atoms with van der Waals surface area (Å²) in [5, 5.41) is 14.2. The first-order chi connectivity index (χ1) is 10.1. The van der Waals surface area contributed by atoms with E-state index in [2.05, 4.69) is 20.6 Å². The Morgan fingerprint density at radius 2 is 2.29 bits per heavy atom. The molecular weight excluding hydrogens is 266 g/mol. The Labute approximate surface area is 122 Å². The molecule has 21 heavy (non-hydrogen) atoms. The van der Waals surface area contributed by atoms with Gasteiger partial charge < -0.3 is 5.32 Å². The highest BCUT2D eigenvalue weighted by Gasteiger charge is 2.14. The van der Waals surface area contributed by atoms with E-state index in [1.54, 1.807) is 16.8 Å². The lowest BCUT2D eigenvalue weighted by Crippen LogP contribution is -2.35. The van der Waals surface area contributed by atoms with Crippen LogP contribution in [0.15, 0.2) is 36.5 Å². The van der Waals surface area contributed by atoms with E-state index >= 15 is 0 Å². The smallest absolute Gasteiger partial charge is 0.270 e. The minimum Gasteiger partial charge on any atom is -0.348 e. The molecule has 108 valence electrons. The number of amides is 1. The molecule has 2 N–H and O–H groups in total. The number of carbonyl (C=O) groups is 1. The number of aromatic amines is 1. The van der Waals surface area contributed by atoms with Crippen molar-refractivity contribution in [3.05, 3.63) is 53.6 Å². The second-order valence-corrected chi connectivity index (χ2v) is 5.20. The quantitative estimate of drug-likeness (QED) is 0.765. The Hall–Kier alpha value is -2.63. The number of hydrogen-bond donors (Lipinski definition) is 2. The average Bonchev–Trinajstić information content (AvgIpc) is 3.06. The molecule has 0 radical (unpaired) electrons. The van der Waals surface area contributed by atoms with Crippen LogP contribution in [-0.2, 0) is 6.42 Å². The van der Waals surface area contributed by atoms with Gasteiger partial charge in [0.2, 0.25) is 0 Å². The number of nitrogens with zero attached hydrogens (tertiary/aromatic N) is 3. The van der Waals surface area contributed by atoms with Gasteiger partial charge in [-0.05, 0) is 38.1 Å². The van der Waals surface area contributed by atoms with E-state index in [4.69, 9.17) is 0 Å². The number of aromatic nitrogens is 4. The third kappa shape index (κ3) is 2.79. The number of nitrogens with one attached hydrogen (secondary N) is 2. The summed E-state index contributed by atoms with van der Waals surface area (Å²) in [4.78, 5) is 12.4. The number of carbonyl (C=O) groups excluding carboxylic acids is 1. The van der Waals surface area contributed by atoms with E-state index in [0.717, 1.165) is 16.9 Å².